The zero-order chi connectivity index (χ0) is 20.5. The Balaban J connectivity index is 1.64. The summed E-state index contributed by atoms with van der Waals surface area (Å²) in [5.41, 5.74) is 4.21. The molecule has 1 N–H and O–H groups in total. The van der Waals surface area contributed by atoms with Crippen LogP contribution >= 0.6 is 0 Å². The summed E-state index contributed by atoms with van der Waals surface area (Å²) in [6.45, 7) is 1.74. The van der Waals surface area contributed by atoms with Gasteiger partial charge in [-0.15, -0.1) is 0 Å². The molecule has 4 heterocycles. The maximum atomic E-state index is 12.8. The van der Waals surface area contributed by atoms with Gasteiger partial charge in [0.05, 0.1) is 47.0 Å². The van der Waals surface area contributed by atoms with Gasteiger partial charge in [-0.3, -0.25) is 14.5 Å². The lowest BCUT2D eigenvalue weighted by molar-refractivity contribution is 0.0600. The standard InChI is InChI=1S/C20H18N6O3/c1-12-16(8-14(9-21-12)20(28)29-3)24-19(27)15-10-23-26-11-13(4-5-18(15)26)17-6-7-22-25(17)2/h4-11H,1-3H3,(H,24,27). The second kappa shape index (κ2) is 7.19. The molecule has 0 spiro atoms. The van der Waals surface area contributed by atoms with E-state index < -0.39 is 5.97 Å². The lowest BCUT2D eigenvalue weighted by Crippen LogP contribution is -2.14. The number of nitrogens with zero attached hydrogens (tertiary/aromatic N) is 5. The van der Waals surface area contributed by atoms with Gasteiger partial charge in [-0.1, -0.05) is 0 Å². The molecule has 9 nitrogen and oxygen atoms in total. The molecule has 0 aliphatic rings. The normalized spacial score (nSPS) is 10.9. The molecule has 4 aromatic rings. The number of aryl methyl sites for hydroxylation is 2. The first kappa shape index (κ1) is 18.4. The summed E-state index contributed by atoms with van der Waals surface area (Å²) in [6, 6.07) is 7.19. The number of pyridine rings is 2. The summed E-state index contributed by atoms with van der Waals surface area (Å²) in [4.78, 5) is 28.7. The van der Waals surface area contributed by atoms with Gasteiger partial charge >= 0.3 is 5.97 Å². The van der Waals surface area contributed by atoms with Gasteiger partial charge < -0.3 is 10.1 Å². The van der Waals surface area contributed by atoms with Crippen LogP contribution in [0.2, 0.25) is 0 Å². The Bertz CT molecular complexity index is 1240. The van der Waals surface area contributed by atoms with Crippen molar-refractivity contribution in [1.29, 1.82) is 0 Å². The fourth-order valence-corrected chi connectivity index (χ4v) is 3.05. The smallest absolute Gasteiger partial charge is 0.339 e. The number of ether oxygens (including phenoxy) is 1. The quantitative estimate of drug-likeness (QED) is 0.537. The minimum atomic E-state index is -0.522. The highest BCUT2D eigenvalue weighted by Gasteiger charge is 2.16. The highest BCUT2D eigenvalue weighted by Crippen LogP contribution is 2.22. The van der Waals surface area contributed by atoms with Crippen LogP contribution in [0.1, 0.15) is 26.4 Å². The van der Waals surface area contributed by atoms with Gasteiger partial charge in [-0.25, -0.2) is 9.31 Å². The van der Waals surface area contributed by atoms with Crippen molar-refractivity contribution >= 4 is 23.1 Å². The van der Waals surface area contributed by atoms with Crippen LogP contribution in [-0.4, -0.2) is 43.4 Å². The Morgan fingerprint density at radius 3 is 2.69 bits per heavy atom. The molecule has 0 bridgehead atoms. The molecule has 0 unspecified atom stereocenters. The third kappa shape index (κ3) is 3.33. The van der Waals surface area contributed by atoms with Crippen molar-refractivity contribution in [3.8, 4) is 11.3 Å². The second-order valence-electron chi connectivity index (χ2n) is 6.45. The molecule has 0 aromatic carbocycles. The molecule has 9 heteroatoms. The number of anilines is 1. The van der Waals surface area contributed by atoms with E-state index >= 15 is 0 Å². The monoisotopic (exact) mass is 390 g/mol. The maximum absolute atomic E-state index is 12.8. The van der Waals surface area contributed by atoms with E-state index in [1.807, 2.05) is 31.4 Å². The first-order chi connectivity index (χ1) is 14.0. The summed E-state index contributed by atoms with van der Waals surface area (Å²) < 4.78 is 8.12. The van der Waals surface area contributed by atoms with Crippen LogP contribution in [0.3, 0.4) is 0 Å². The van der Waals surface area contributed by atoms with E-state index in [0.29, 0.717) is 22.5 Å². The Kier molecular flexibility index (Phi) is 4.55. The molecule has 0 radical (unpaired) electrons. The summed E-state index contributed by atoms with van der Waals surface area (Å²) in [7, 11) is 3.15. The number of aromatic nitrogens is 5. The average molecular weight is 390 g/mol. The number of carbonyl (C=O) groups is 2. The second-order valence-corrected chi connectivity index (χ2v) is 6.45. The Labute approximate surface area is 165 Å². The number of fused-ring (bicyclic) bond motifs is 1. The predicted octanol–water partition coefficient (Wildman–Crippen LogP) is 2.48. The van der Waals surface area contributed by atoms with E-state index in [1.165, 1.54) is 25.6 Å². The summed E-state index contributed by atoms with van der Waals surface area (Å²) in [5, 5.41) is 11.3. The van der Waals surface area contributed by atoms with E-state index in [1.54, 1.807) is 22.3 Å². The van der Waals surface area contributed by atoms with Gasteiger partial charge in [-0.2, -0.15) is 10.2 Å². The number of hydrogen-bond donors (Lipinski definition) is 1. The van der Waals surface area contributed by atoms with E-state index in [2.05, 4.69) is 20.5 Å². The van der Waals surface area contributed by atoms with Gasteiger partial charge in [0.15, 0.2) is 0 Å². The zero-order valence-electron chi connectivity index (χ0n) is 16.1. The Hall–Kier alpha value is -4.01. The first-order valence-electron chi connectivity index (χ1n) is 8.80. The highest BCUT2D eigenvalue weighted by atomic mass is 16.5. The van der Waals surface area contributed by atoms with Gasteiger partial charge in [-0.05, 0) is 31.2 Å². The molecule has 1 amide bonds. The number of amides is 1. The van der Waals surface area contributed by atoms with Gasteiger partial charge in [0.1, 0.15) is 0 Å². The molecule has 4 aromatic heterocycles. The Morgan fingerprint density at radius 1 is 1.14 bits per heavy atom. The molecule has 0 saturated heterocycles. The van der Waals surface area contributed by atoms with E-state index in [0.717, 1.165) is 11.3 Å². The van der Waals surface area contributed by atoms with E-state index in [9.17, 15) is 9.59 Å². The molecule has 146 valence electrons. The lowest BCUT2D eigenvalue weighted by atomic mass is 10.1. The van der Waals surface area contributed by atoms with Crippen LogP contribution in [0.15, 0.2) is 49.1 Å². The SMILES string of the molecule is COC(=O)c1cnc(C)c(NC(=O)c2cnn3cc(-c4ccnn4C)ccc23)c1. The van der Waals surface area contributed by atoms with Crippen molar-refractivity contribution in [2.24, 2.45) is 7.05 Å². The van der Waals surface area contributed by atoms with Crippen LogP contribution in [0, 0.1) is 6.92 Å². The van der Waals surface area contributed by atoms with Crippen molar-refractivity contribution in [3.63, 3.8) is 0 Å². The van der Waals surface area contributed by atoms with Crippen LogP contribution in [-0.2, 0) is 11.8 Å². The van der Waals surface area contributed by atoms with Crippen molar-refractivity contribution in [2.45, 2.75) is 6.92 Å². The third-order valence-corrected chi connectivity index (χ3v) is 4.63. The molecule has 0 fully saturated rings. The number of carbonyl (C=O) groups excluding carboxylic acids is 2. The topological polar surface area (TPSA) is 103 Å². The zero-order valence-corrected chi connectivity index (χ0v) is 16.1. The van der Waals surface area contributed by atoms with Gasteiger partial charge in [0.25, 0.3) is 5.91 Å². The van der Waals surface area contributed by atoms with Gasteiger partial charge in [0, 0.05) is 31.2 Å². The largest absolute Gasteiger partial charge is 0.465 e. The number of hydrogen-bond acceptors (Lipinski definition) is 6. The molecule has 29 heavy (non-hydrogen) atoms. The van der Waals surface area contributed by atoms with Crippen LogP contribution in [0.4, 0.5) is 5.69 Å². The summed E-state index contributed by atoms with van der Waals surface area (Å²) in [5.74, 6) is -0.869. The number of nitrogens with one attached hydrogen (secondary N) is 1. The minimum Gasteiger partial charge on any atom is -0.465 e. The number of esters is 1. The molecule has 4 rings (SSSR count). The fraction of sp³-hybridized carbons (Fsp3) is 0.150. The highest BCUT2D eigenvalue weighted by molar-refractivity contribution is 6.09. The molecule has 0 saturated carbocycles. The predicted molar refractivity (Wildman–Crippen MR) is 106 cm³/mol. The number of rotatable bonds is 4. The minimum absolute atomic E-state index is 0.258. The summed E-state index contributed by atoms with van der Waals surface area (Å²) in [6.07, 6.45) is 6.48. The van der Waals surface area contributed by atoms with Gasteiger partial charge in [0.2, 0.25) is 0 Å². The van der Waals surface area contributed by atoms with Crippen molar-refractivity contribution in [2.75, 3.05) is 12.4 Å². The third-order valence-electron chi connectivity index (χ3n) is 4.63. The van der Waals surface area contributed by atoms with Crippen molar-refractivity contribution in [1.82, 2.24) is 24.4 Å². The maximum Gasteiger partial charge on any atom is 0.339 e. The number of methoxy groups -OCH3 is 1. The van der Waals surface area contributed by atoms with Crippen LogP contribution in [0.25, 0.3) is 16.8 Å². The first-order valence-corrected chi connectivity index (χ1v) is 8.80. The lowest BCUT2D eigenvalue weighted by Gasteiger charge is -2.09. The molecular weight excluding hydrogens is 372 g/mol. The molecule has 0 aliphatic heterocycles. The van der Waals surface area contributed by atoms with Crippen LogP contribution < -0.4 is 5.32 Å². The molecule has 0 aliphatic carbocycles. The van der Waals surface area contributed by atoms with Crippen LogP contribution in [0.5, 0.6) is 0 Å². The summed E-state index contributed by atoms with van der Waals surface area (Å²) >= 11 is 0. The van der Waals surface area contributed by atoms with E-state index in [4.69, 9.17) is 4.74 Å². The van der Waals surface area contributed by atoms with Crippen molar-refractivity contribution < 1.29 is 14.3 Å². The van der Waals surface area contributed by atoms with Crippen molar-refractivity contribution in [3.05, 3.63) is 65.9 Å². The van der Waals surface area contributed by atoms with E-state index in [-0.39, 0.29) is 11.5 Å². The molecule has 0 atom stereocenters. The molecular formula is C20H18N6O3. The fourth-order valence-electron chi connectivity index (χ4n) is 3.05. The average Bonchev–Trinajstić information content (AvgIpc) is 3.34. The Morgan fingerprint density at radius 2 is 1.97 bits per heavy atom.